The van der Waals surface area contributed by atoms with Gasteiger partial charge in [0.05, 0.1) is 11.5 Å². The summed E-state index contributed by atoms with van der Waals surface area (Å²) < 4.78 is 2.04. The zero-order valence-corrected chi connectivity index (χ0v) is 11.6. The normalized spacial score (nSPS) is 11.2. The van der Waals surface area contributed by atoms with Gasteiger partial charge in [0.2, 0.25) is 5.16 Å². The first-order valence-electron chi connectivity index (χ1n) is 6.15. The molecule has 6 nitrogen and oxygen atoms in total. The van der Waals surface area contributed by atoms with Gasteiger partial charge < -0.3 is 14.5 Å². The number of aryl methyl sites for hydroxylation is 1. The van der Waals surface area contributed by atoms with Crippen molar-refractivity contribution in [3.63, 3.8) is 0 Å². The van der Waals surface area contributed by atoms with Crippen LogP contribution in [-0.4, -0.2) is 31.5 Å². The highest BCUT2D eigenvalue weighted by Gasteiger charge is 2.13. The second-order valence-electron chi connectivity index (χ2n) is 4.19. The number of hydrogen-bond donors (Lipinski definition) is 0. The second kappa shape index (κ2) is 5.09. The number of hydrogen-bond acceptors (Lipinski definition) is 6. The lowest BCUT2D eigenvalue weighted by Crippen LogP contribution is -2.24. The molecule has 1 aromatic carbocycles. The molecule has 0 aliphatic heterocycles. The summed E-state index contributed by atoms with van der Waals surface area (Å²) in [5, 5.41) is 20.0. The van der Waals surface area contributed by atoms with Crippen LogP contribution in [0.15, 0.2) is 29.4 Å². The molecule has 0 N–H and O–H groups in total. The number of carbonyl (C=O) groups excluding carboxylic acids is 1. The van der Waals surface area contributed by atoms with E-state index in [1.807, 2.05) is 35.8 Å². The number of aliphatic carboxylic acids is 1. The van der Waals surface area contributed by atoms with Crippen LogP contribution in [0.2, 0.25) is 0 Å². The minimum absolute atomic E-state index is 0.181. The van der Waals surface area contributed by atoms with Gasteiger partial charge in [0.25, 0.3) is 0 Å². The van der Waals surface area contributed by atoms with Crippen LogP contribution in [0.3, 0.4) is 0 Å². The largest absolute Gasteiger partial charge is 0.549 e. The Bertz CT molecular complexity index is 800. The van der Waals surface area contributed by atoms with E-state index in [0.29, 0.717) is 5.16 Å². The lowest BCUT2D eigenvalue weighted by atomic mass is 10.2. The molecular weight excluding hydrogens is 276 g/mol. The molecule has 0 saturated heterocycles. The Morgan fingerprint density at radius 3 is 2.90 bits per heavy atom. The number of aromatic nitrogens is 4. The standard InChI is InChI=1S/C13H12N4O2S/c1-2-17-9-6-4-3-5-8(9)11-12(17)14-13(16-15-11)20-7-10(18)19/h3-6H,2,7H2,1H3,(H,18,19)/p-1. The van der Waals surface area contributed by atoms with Crippen LogP contribution in [0.1, 0.15) is 6.92 Å². The summed E-state index contributed by atoms with van der Waals surface area (Å²) in [5.74, 6) is -1.32. The number of rotatable bonds is 4. The van der Waals surface area contributed by atoms with Crippen LogP contribution in [0.5, 0.6) is 0 Å². The highest BCUT2D eigenvalue weighted by Crippen LogP contribution is 2.26. The fraction of sp³-hybridized carbons (Fsp3) is 0.231. The number of carboxylic acid groups (broad SMARTS) is 1. The molecule has 2 heterocycles. The summed E-state index contributed by atoms with van der Waals surface area (Å²) in [4.78, 5) is 14.9. The van der Waals surface area contributed by atoms with Gasteiger partial charge in [-0.2, -0.15) is 0 Å². The third kappa shape index (κ3) is 2.09. The molecule has 0 unspecified atom stereocenters. The van der Waals surface area contributed by atoms with E-state index in [9.17, 15) is 9.90 Å². The number of carboxylic acids is 1. The molecular formula is C13H11N4O2S-. The van der Waals surface area contributed by atoms with E-state index in [0.717, 1.165) is 40.4 Å². The van der Waals surface area contributed by atoms with Crippen LogP contribution < -0.4 is 5.11 Å². The number of benzene rings is 1. The van der Waals surface area contributed by atoms with Crippen molar-refractivity contribution in [2.45, 2.75) is 18.6 Å². The Morgan fingerprint density at radius 1 is 1.35 bits per heavy atom. The Kier molecular flexibility index (Phi) is 3.27. The Hall–Kier alpha value is -2.15. The molecule has 0 saturated carbocycles. The van der Waals surface area contributed by atoms with Gasteiger partial charge in [-0.15, -0.1) is 10.2 Å². The average Bonchev–Trinajstić information content (AvgIpc) is 2.78. The highest BCUT2D eigenvalue weighted by atomic mass is 32.2. The first kappa shape index (κ1) is 12.9. The highest BCUT2D eigenvalue weighted by molar-refractivity contribution is 7.99. The molecule has 102 valence electrons. The topological polar surface area (TPSA) is 83.7 Å². The van der Waals surface area contributed by atoms with Crippen molar-refractivity contribution in [3.8, 4) is 0 Å². The van der Waals surface area contributed by atoms with Gasteiger partial charge in [0.15, 0.2) is 5.65 Å². The van der Waals surface area contributed by atoms with E-state index in [1.165, 1.54) is 0 Å². The van der Waals surface area contributed by atoms with Crippen molar-refractivity contribution in [2.24, 2.45) is 0 Å². The summed E-state index contributed by atoms with van der Waals surface area (Å²) in [5.41, 5.74) is 2.51. The molecule has 0 bridgehead atoms. The summed E-state index contributed by atoms with van der Waals surface area (Å²) >= 11 is 1.01. The molecule has 3 aromatic rings. The van der Waals surface area contributed by atoms with Crippen LogP contribution in [0, 0.1) is 0 Å². The van der Waals surface area contributed by atoms with Crippen molar-refractivity contribution < 1.29 is 9.90 Å². The second-order valence-corrected chi connectivity index (χ2v) is 5.13. The third-order valence-corrected chi connectivity index (χ3v) is 3.80. The van der Waals surface area contributed by atoms with Gasteiger partial charge in [-0.1, -0.05) is 30.0 Å². The van der Waals surface area contributed by atoms with E-state index in [4.69, 9.17) is 0 Å². The molecule has 0 radical (unpaired) electrons. The van der Waals surface area contributed by atoms with Crippen molar-refractivity contribution in [3.05, 3.63) is 24.3 Å². The summed E-state index contributed by atoms with van der Waals surface area (Å²) in [6, 6.07) is 7.90. The first-order valence-corrected chi connectivity index (χ1v) is 7.13. The van der Waals surface area contributed by atoms with E-state index >= 15 is 0 Å². The molecule has 2 aromatic heterocycles. The fourth-order valence-corrected chi connectivity index (χ4v) is 2.69. The average molecular weight is 287 g/mol. The third-order valence-electron chi connectivity index (χ3n) is 2.99. The van der Waals surface area contributed by atoms with E-state index in [-0.39, 0.29) is 5.75 Å². The molecule has 0 atom stereocenters. The van der Waals surface area contributed by atoms with Crippen LogP contribution in [0.4, 0.5) is 0 Å². The first-order chi connectivity index (χ1) is 9.70. The van der Waals surface area contributed by atoms with E-state index in [1.54, 1.807) is 0 Å². The number of nitrogens with zero attached hydrogens (tertiary/aromatic N) is 4. The maximum atomic E-state index is 10.5. The quantitative estimate of drug-likeness (QED) is 0.661. The molecule has 0 amide bonds. The van der Waals surface area contributed by atoms with Gasteiger partial charge in [-0.05, 0) is 13.0 Å². The van der Waals surface area contributed by atoms with Crippen LogP contribution in [-0.2, 0) is 11.3 Å². The molecule has 0 fully saturated rings. The van der Waals surface area contributed by atoms with Gasteiger partial charge in [0.1, 0.15) is 5.52 Å². The van der Waals surface area contributed by atoms with Crippen molar-refractivity contribution in [1.29, 1.82) is 0 Å². The molecule has 0 aliphatic carbocycles. The predicted octanol–water partition coefficient (Wildman–Crippen LogP) is 0.841. The van der Waals surface area contributed by atoms with Gasteiger partial charge in [0, 0.05) is 17.7 Å². The number of carbonyl (C=O) groups is 1. The monoisotopic (exact) mass is 287 g/mol. The van der Waals surface area contributed by atoms with Crippen molar-refractivity contribution in [2.75, 3.05) is 5.75 Å². The molecule has 20 heavy (non-hydrogen) atoms. The van der Waals surface area contributed by atoms with Gasteiger partial charge >= 0.3 is 0 Å². The summed E-state index contributed by atoms with van der Waals surface area (Å²) in [6.45, 7) is 2.79. The number of para-hydroxylation sites is 1. The molecule has 0 aliphatic rings. The fourth-order valence-electron chi connectivity index (χ4n) is 2.19. The van der Waals surface area contributed by atoms with Crippen LogP contribution in [0.25, 0.3) is 22.1 Å². The zero-order chi connectivity index (χ0) is 14.1. The van der Waals surface area contributed by atoms with E-state index in [2.05, 4.69) is 15.2 Å². The Labute approximate surface area is 118 Å². The SMILES string of the molecule is CCn1c2ccccc2c2nnc(SCC(=O)[O-])nc21. The molecule has 7 heteroatoms. The summed E-state index contributed by atoms with van der Waals surface area (Å²) in [6.07, 6.45) is 0. The number of fused-ring (bicyclic) bond motifs is 3. The smallest absolute Gasteiger partial charge is 0.211 e. The summed E-state index contributed by atoms with van der Waals surface area (Å²) in [7, 11) is 0. The lowest BCUT2D eigenvalue weighted by molar-refractivity contribution is -0.301. The minimum Gasteiger partial charge on any atom is -0.549 e. The molecule has 0 spiro atoms. The van der Waals surface area contributed by atoms with Gasteiger partial charge in [-0.25, -0.2) is 4.98 Å². The maximum absolute atomic E-state index is 10.5. The van der Waals surface area contributed by atoms with Gasteiger partial charge in [-0.3, -0.25) is 0 Å². The van der Waals surface area contributed by atoms with Crippen molar-refractivity contribution in [1.82, 2.24) is 19.7 Å². The lowest BCUT2D eigenvalue weighted by Gasteiger charge is -2.03. The Balaban J connectivity index is 2.17. The van der Waals surface area contributed by atoms with Crippen LogP contribution >= 0.6 is 11.8 Å². The number of thioether (sulfide) groups is 1. The zero-order valence-electron chi connectivity index (χ0n) is 10.7. The van der Waals surface area contributed by atoms with E-state index < -0.39 is 5.97 Å². The Morgan fingerprint density at radius 2 is 2.15 bits per heavy atom. The van der Waals surface area contributed by atoms with Crippen molar-refractivity contribution >= 4 is 39.8 Å². The molecule has 3 rings (SSSR count). The predicted molar refractivity (Wildman–Crippen MR) is 74.2 cm³/mol. The minimum atomic E-state index is -1.14. The maximum Gasteiger partial charge on any atom is 0.211 e.